The lowest BCUT2D eigenvalue weighted by Gasteiger charge is -2.37. The van der Waals surface area contributed by atoms with Crippen molar-refractivity contribution in [2.45, 2.75) is 6.42 Å². The lowest BCUT2D eigenvalue weighted by molar-refractivity contribution is -0.139. The van der Waals surface area contributed by atoms with Crippen molar-refractivity contribution in [3.8, 4) is 0 Å². The fraction of sp³-hybridized carbons (Fsp3) is 0.385. The lowest BCUT2D eigenvalue weighted by atomic mass is 9.96. The molecular weight excluding hydrogens is 312 g/mol. The Labute approximate surface area is 119 Å². The van der Waals surface area contributed by atoms with Crippen LogP contribution in [0.15, 0.2) is 28.7 Å². The van der Waals surface area contributed by atoms with E-state index in [2.05, 4.69) is 21.2 Å². The van der Waals surface area contributed by atoms with Gasteiger partial charge in [-0.3, -0.25) is 14.5 Å². The first kappa shape index (κ1) is 14.0. The minimum absolute atomic E-state index is 0.0731. The maximum atomic E-state index is 11.7. The number of anilines is 1. The summed E-state index contributed by atoms with van der Waals surface area (Å²) in [5.74, 6) is -0.668. The van der Waals surface area contributed by atoms with Gasteiger partial charge in [0.25, 0.3) is 0 Å². The first-order valence-corrected chi connectivity index (χ1v) is 6.82. The molecule has 1 heterocycles. The van der Waals surface area contributed by atoms with Crippen molar-refractivity contribution in [1.82, 2.24) is 4.90 Å². The zero-order valence-corrected chi connectivity index (χ0v) is 11.9. The van der Waals surface area contributed by atoms with Crippen LogP contribution in [0.4, 0.5) is 5.69 Å². The molecule has 2 N–H and O–H groups in total. The SMILES string of the molecule is O=C(O)CC1CN(CC(=O)Nc2ccc(Br)cc2)C1. The summed E-state index contributed by atoms with van der Waals surface area (Å²) in [5, 5.41) is 11.4. The Morgan fingerprint density at radius 3 is 2.53 bits per heavy atom. The second-order valence-corrected chi connectivity index (χ2v) is 5.63. The number of carbonyl (C=O) groups excluding carboxylic acids is 1. The van der Waals surface area contributed by atoms with Crippen molar-refractivity contribution < 1.29 is 14.7 Å². The van der Waals surface area contributed by atoms with Gasteiger partial charge in [0, 0.05) is 23.2 Å². The highest BCUT2D eigenvalue weighted by Gasteiger charge is 2.29. The quantitative estimate of drug-likeness (QED) is 0.865. The molecule has 1 amide bonds. The molecule has 6 heteroatoms. The van der Waals surface area contributed by atoms with E-state index in [0.717, 1.165) is 10.2 Å². The summed E-state index contributed by atoms with van der Waals surface area (Å²) in [6, 6.07) is 7.38. The third-order valence-electron chi connectivity index (χ3n) is 2.99. The molecule has 1 aliphatic rings. The number of rotatable bonds is 5. The Bertz CT molecular complexity index is 469. The number of nitrogens with one attached hydrogen (secondary N) is 1. The number of hydrogen-bond donors (Lipinski definition) is 2. The molecule has 0 unspecified atom stereocenters. The van der Waals surface area contributed by atoms with Gasteiger partial charge in [-0.25, -0.2) is 0 Å². The first-order chi connectivity index (χ1) is 9.02. The summed E-state index contributed by atoms with van der Waals surface area (Å²) in [5.41, 5.74) is 0.760. The molecule has 5 nitrogen and oxygen atoms in total. The van der Waals surface area contributed by atoms with Crippen molar-refractivity contribution >= 4 is 33.5 Å². The molecule has 102 valence electrons. The molecule has 1 saturated heterocycles. The van der Waals surface area contributed by atoms with Crippen LogP contribution in [-0.4, -0.2) is 41.5 Å². The molecule has 2 rings (SSSR count). The highest BCUT2D eigenvalue weighted by Crippen LogP contribution is 2.19. The summed E-state index contributed by atoms with van der Waals surface area (Å²) >= 11 is 3.33. The third kappa shape index (κ3) is 4.33. The van der Waals surface area contributed by atoms with Crippen LogP contribution < -0.4 is 5.32 Å². The number of amides is 1. The third-order valence-corrected chi connectivity index (χ3v) is 3.52. The molecule has 1 aromatic carbocycles. The van der Waals surface area contributed by atoms with Gasteiger partial charge in [0.15, 0.2) is 0 Å². The van der Waals surface area contributed by atoms with Crippen LogP contribution in [0.3, 0.4) is 0 Å². The molecular formula is C13H15BrN2O3. The van der Waals surface area contributed by atoms with Gasteiger partial charge in [-0.05, 0) is 30.2 Å². The monoisotopic (exact) mass is 326 g/mol. The zero-order chi connectivity index (χ0) is 13.8. The fourth-order valence-corrected chi connectivity index (χ4v) is 2.38. The molecule has 1 fully saturated rings. The van der Waals surface area contributed by atoms with E-state index in [1.807, 2.05) is 29.2 Å². The Kier molecular flexibility index (Phi) is 4.55. The number of hydrogen-bond acceptors (Lipinski definition) is 3. The Morgan fingerprint density at radius 1 is 1.32 bits per heavy atom. The standard InChI is InChI=1S/C13H15BrN2O3/c14-10-1-3-11(4-2-10)15-12(17)8-16-6-9(7-16)5-13(18)19/h1-4,9H,5-8H2,(H,15,17)(H,18,19). The Hall–Kier alpha value is -1.40. The minimum atomic E-state index is -0.774. The predicted molar refractivity (Wildman–Crippen MR) is 75.0 cm³/mol. The smallest absolute Gasteiger partial charge is 0.303 e. The summed E-state index contributed by atoms with van der Waals surface area (Å²) in [6.07, 6.45) is 0.185. The average molecular weight is 327 g/mol. The molecule has 0 saturated carbocycles. The largest absolute Gasteiger partial charge is 0.481 e. The summed E-state index contributed by atoms with van der Waals surface area (Å²) < 4.78 is 0.963. The number of aliphatic carboxylic acids is 1. The predicted octanol–water partition coefficient (Wildman–Crippen LogP) is 1.79. The van der Waals surface area contributed by atoms with Crippen LogP contribution in [0, 0.1) is 5.92 Å². The van der Waals surface area contributed by atoms with Crippen molar-refractivity contribution in [3.05, 3.63) is 28.7 Å². The second kappa shape index (κ2) is 6.16. The van der Waals surface area contributed by atoms with Gasteiger partial charge in [-0.15, -0.1) is 0 Å². The van der Waals surface area contributed by atoms with Gasteiger partial charge in [-0.1, -0.05) is 15.9 Å². The van der Waals surface area contributed by atoms with Crippen LogP contribution in [0.2, 0.25) is 0 Å². The molecule has 0 atom stereocenters. The fourth-order valence-electron chi connectivity index (χ4n) is 2.12. The first-order valence-electron chi connectivity index (χ1n) is 6.02. The zero-order valence-electron chi connectivity index (χ0n) is 10.3. The molecule has 0 spiro atoms. The van der Waals surface area contributed by atoms with E-state index >= 15 is 0 Å². The average Bonchev–Trinajstić information content (AvgIpc) is 2.29. The number of likely N-dealkylation sites (tertiary alicyclic amines) is 1. The maximum absolute atomic E-state index is 11.7. The topological polar surface area (TPSA) is 69.6 Å². The van der Waals surface area contributed by atoms with Crippen molar-refractivity contribution in [2.75, 3.05) is 25.0 Å². The number of carbonyl (C=O) groups is 2. The normalized spacial score (nSPS) is 15.8. The van der Waals surface area contributed by atoms with Crippen LogP contribution in [0.5, 0.6) is 0 Å². The number of halogens is 1. The molecule has 0 aromatic heterocycles. The summed E-state index contributed by atoms with van der Waals surface area (Å²) in [6.45, 7) is 1.67. The van der Waals surface area contributed by atoms with E-state index in [0.29, 0.717) is 19.6 Å². The van der Waals surface area contributed by atoms with E-state index in [9.17, 15) is 9.59 Å². The van der Waals surface area contributed by atoms with Crippen molar-refractivity contribution in [2.24, 2.45) is 5.92 Å². The van der Waals surface area contributed by atoms with E-state index in [4.69, 9.17) is 5.11 Å². The molecule has 0 radical (unpaired) electrons. The van der Waals surface area contributed by atoms with Crippen LogP contribution in [0.25, 0.3) is 0 Å². The number of nitrogens with zero attached hydrogens (tertiary/aromatic N) is 1. The van der Waals surface area contributed by atoms with Crippen LogP contribution in [0.1, 0.15) is 6.42 Å². The van der Waals surface area contributed by atoms with Gasteiger partial charge < -0.3 is 10.4 Å². The number of carboxylic acid groups (broad SMARTS) is 1. The van der Waals surface area contributed by atoms with Gasteiger partial charge in [0.2, 0.25) is 5.91 Å². The lowest BCUT2D eigenvalue weighted by Crippen LogP contribution is -2.50. The molecule has 0 aliphatic carbocycles. The van der Waals surface area contributed by atoms with E-state index in [-0.39, 0.29) is 18.2 Å². The second-order valence-electron chi connectivity index (χ2n) is 4.71. The molecule has 19 heavy (non-hydrogen) atoms. The molecule has 0 bridgehead atoms. The summed E-state index contributed by atoms with van der Waals surface area (Å²) in [7, 11) is 0. The van der Waals surface area contributed by atoms with E-state index < -0.39 is 5.97 Å². The van der Waals surface area contributed by atoms with E-state index in [1.165, 1.54) is 0 Å². The van der Waals surface area contributed by atoms with Crippen LogP contribution in [-0.2, 0) is 9.59 Å². The number of carboxylic acids is 1. The minimum Gasteiger partial charge on any atom is -0.481 e. The van der Waals surface area contributed by atoms with Crippen LogP contribution >= 0.6 is 15.9 Å². The van der Waals surface area contributed by atoms with Gasteiger partial charge in [0.05, 0.1) is 13.0 Å². The van der Waals surface area contributed by atoms with Crippen molar-refractivity contribution in [1.29, 1.82) is 0 Å². The highest BCUT2D eigenvalue weighted by atomic mass is 79.9. The summed E-state index contributed by atoms with van der Waals surface area (Å²) in [4.78, 5) is 24.2. The van der Waals surface area contributed by atoms with Gasteiger partial charge in [0.1, 0.15) is 0 Å². The molecule has 1 aromatic rings. The Balaban J connectivity index is 1.71. The van der Waals surface area contributed by atoms with Gasteiger partial charge >= 0.3 is 5.97 Å². The highest BCUT2D eigenvalue weighted by molar-refractivity contribution is 9.10. The van der Waals surface area contributed by atoms with E-state index in [1.54, 1.807) is 0 Å². The molecule has 1 aliphatic heterocycles. The Morgan fingerprint density at radius 2 is 1.95 bits per heavy atom. The van der Waals surface area contributed by atoms with Gasteiger partial charge in [-0.2, -0.15) is 0 Å². The van der Waals surface area contributed by atoms with Crippen molar-refractivity contribution in [3.63, 3.8) is 0 Å². The number of benzene rings is 1. The maximum Gasteiger partial charge on any atom is 0.303 e.